The summed E-state index contributed by atoms with van der Waals surface area (Å²) in [4.78, 5) is 27.6. The molecule has 0 N–H and O–H groups in total. The Kier molecular flexibility index (Phi) is 5.96. The van der Waals surface area contributed by atoms with Crippen molar-refractivity contribution in [2.24, 2.45) is 0 Å². The summed E-state index contributed by atoms with van der Waals surface area (Å²) < 4.78 is 18.2. The second-order valence-corrected chi connectivity index (χ2v) is 7.28. The Morgan fingerprint density at radius 2 is 1.67 bits per heavy atom. The van der Waals surface area contributed by atoms with Gasteiger partial charge in [-0.15, -0.1) is 11.8 Å². The third-order valence-corrected chi connectivity index (χ3v) is 5.29. The van der Waals surface area contributed by atoms with E-state index in [0.717, 1.165) is 5.56 Å². The molecular weight excluding hydrogens is 365 g/mol. The number of carbonyl (C=O) groups excluding carboxylic acids is 2. The van der Waals surface area contributed by atoms with Crippen LogP contribution < -0.4 is 4.74 Å². The monoisotopic (exact) mass is 385 g/mol. The topological polar surface area (TPSA) is 46.6 Å². The van der Waals surface area contributed by atoms with Gasteiger partial charge in [-0.3, -0.25) is 14.5 Å². The Morgan fingerprint density at radius 1 is 1.00 bits per heavy atom. The Labute approximate surface area is 162 Å². The zero-order valence-electron chi connectivity index (χ0n) is 15.2. The molecule has 1 heterocycles. The summed E-state index contributed by atoms with van der Waals surface area (Å²) >= 11 is 1.38. The summed E-state index contributed by atoms with van der Waals surface area (Å²) in [5, 5.41) is 0. The highest BCUT2D eigenvalue weighted by Crippen LogP contribution is 2.36. The normalized spacial score (nSPS) is 14.3. The van der Waals surface area contributed by atoms with Crippen LogP contribution in [0.25, 0.3) is 5.57 Å². The first-order chi connectivity index (χ1) is 13.0. The van der Waals surface area contributed by atoms with Crippen LogP contribution in [-0.4, -0.2) is 36.1 Å². The first-order valence-corrected chi connectivity index (χ1v) is 9.65. The maximum absolute atomic E-state index is 13.0. The molecule has 0 unspecified atom stereocenters. The first-order valence-electron chi connectivity index (χ1n) is 8.67. The van der Waals surface area contributed by atoms with Crippen molar-refractivity contribution in [2.45, 2.75) is 13.3 Å². The number of imide groups is 1. The van der Waals surface area contributed by atoms with Crippen molar-refractivity contribution in [1.29, 1.82) is 0 Å². The van der Waals surface area contributed by atoms with E-state index in [0.29, 0.717) is 34.0 Å². The molecule has 0 aromatic heterocycles. The highest BCUT2D eigenvalue weighted by atomic mass is 32.2. The molecule has 0 aliphatic carbocycles. The number of hydrogen-bond acceptors (Lipinski definition) is 4. The van der Waals surface area contributed by atoms with Crippen molar-refractivity contribution < 1.29 is 18.7 Å². The lowest BCUT2D eigenvalue weighted by atomic mass is 10.1. The van der Waals surface area contributed by atoms with E-state index in [-0.39, 0.29) is 24.2 Å². The van der Waals surface area contributed by atoms with Crippen molar-refractivity contribution >= 4 is 29.1 Å². The molecule has 2 aromatic carbocycles. The van der Waals surface area contributed by atoms with Crippen LogP contribution >= 0.6 is 11.8 Å². The van der Waals surface area contributed by atoms with Crippen LogP contribution in [0.1, 0.15) is 18.1 Å². The van der Waals surface area contributed by atoms with E-state index in [1.807, 2.05) is 6.92 Å². The molecule has 1 aliphatic heterocycles. The standard InChI is InChI=1S/C21H20FNO3S/c1-3-27-19-18(15-6-10-17(26-2)11-7-15)20(24)23(21(19)25)13-12-14-4-8-16(22)9-5-14/h4-11H,3,12-13H2,1-2H3. The van der Waals surface area contributed by atoms with E-state index in [9.17, 15) is 14.0 Å². The highest BCUT2D eigenvalue weighted by Gasteiger charge is 2.38. The van der Waals surface area contributed by atoms with Gasteiger partial charge < -0.3 is 4.74 Å². The van der Waals surface area contributed by atoms with Crippen LogP contribution in [0.2, 0.25) is 0 Å². The predicted octanol–water partition coefficient (Wildman–Crippen LogP) is 3.91. The van der Waals surface area contributed by atoms with Gasteiger partial charge in [0, 0.05) is 6.54 Å². The molecule has 0 fully saturated rings. The third-order valence-electron chi connectivity index (χ3n) is 4.33. The molecule has 1 aliphatic rings. The van der Waals surface area contributed by atoms with Crippen molar-refractivity contribution in [3.05, 3.63) is 70.4 Å². The summed E-state index contributed by atoms with van der Waals surface area (Å²) in [5.74, 6) is 0.522. The molecule has 4 nitrogen and oxygen atoms in total. The molecule has 2 amide bonds. The molecule has 0 radical (unpaired) electrons. The maximum atomic E-state index is 13.0. The fourth-order valence-electron chi connectivity index (χ4n) is 2.94. The third kappa shape index (κ3) is 4.06. The molecule has 2 aromatic rings. The predicted molar refractivity (Wildman–Crippen MR) is 105 cm³/mol. The first kappa shape index (κ1) is 19.2. The van der Waals surface area contributed by atoms with Crippen LogP contribution in [0.15, 0.2) is 53.4 Å². The molecule has 0 bridgehead atoms. The second-order valence-electron chi connectivity index (χ2n) is 6.00. The van der Waals surface area contributed by atoms with Gasteiger partial charge in [0.2, 0.25) is 0 Å². The number of hydrogen-bond donors (Lipinski definition) is 0. The number of nitrogens with zero attached hydrogens (tertiary/aromatic N) is 1. The molecule has 140 valence electrons. The number of rotatable bonds is 7. The minimum Gasteiger partial charge on any atom is -0.497 e. The number of ether oxygens (including phenoxy) is 1. The average Bonchev–Trinajstić information content (AvgIpc) is 2.92. The molecular formula is C21H20FNO3S. The number of methoxy groups -OCH3 is 1. The summed E-state index contributed by atoms with van der Waals surface area (Å²) in [7, 11) is 1.58. The molecule has 0 atom stereocenters. The maximum Gasteiger partial charge on any atom is 0.267 e. The van der Waals surface area contributed by atoms with Gasteiger partial charge in [0.25, 0.3) is 11.8 Å². The lowest BCUT2D eigenvalue weighted by Crippen LogP contribution is -2.33. The van der Waals surface area contributed by atoms with Crippen molar-refractivity contribution in [1.82, 2.24) is 4.90 Å². The summed E-state index contributed by atoms with van der Waals surface area (Å²) in [6.45, 7) is 2.21. The fraction of sp³-hybridized carbons (Fsp3) is 0.238. The van der Waals surface area contributed by atoms with Gasteiger partial charge in [-0.25, -0.2) is 4.39 Å². The lowest BCUT2D eigenvalue weighted by molar-refractivity contribution is -0.136. The summed E-state index contributed by atoms with van der Waals surface area (Å²) in [6, 6.07) is 13.2. The number of amides is 2. The van der Waals surface area contributed by atoms with E-state index in [4.69, 9.17) is 4.74 Å². The van der Waals surface area contributed by atoms with Gasteiger partial charge >= 0.3 is 0 Å². The number of carbonyl (C=O) groups is 2. The molecule has 0 spiro atoms. The summed E-state index contributed by atoms with van der Waals surface area (Å²) in [6.07, 6.45) is 0.484. The van der Waals surface area contributed by atoms with E-state index >= 15 is 0 Å². The summed E-state index contributed by atoms with van der Waals surface area (Å²) in [5.41, 5.74) is 2.02. The highest BCUT2D eigenvalue weighted by molar-refractivity contribution is 8.04. The van der Waals surface area contributed by atoms with Crippen LogP contribution in [0, 0.1) is 5.82 Å². The van der Waals surface area contributed by atoms with Crippen LogP contribution in [-0.2, 0) is 16.0 Å². The van der Waals surface area contributed by atoms with E-state index in [1.54, 1.807) is 43.5 Å². The minimum atomic E-state index is -0.308. The van der Waals surface area contributed by atoms with Gasteiger partial charge in [0.15, 0.2) is 0 Å². The molecule has 3 rings (SSSR count). The van der Waals surface area contributed by atoms with Gasteiger partial charge in [0.1, 0.15) is 11.6 Å². The van der Waals surface area contributed by atoms with Gasteiger partial charge in [-0.1, -0.05) is 31.2 Å². The average molecular weight is 385 g/mol. The van der Waals surface area contributed by atoms with Crippen molar-refractivity contribution in [2.75, 3.05) is 19.4 Å². The van der Waals surface area contributed by atoms with Crippen LogP contribution in [0.3, 0.4) is 0 Å². The number of halogens is 1. The SMILES string of the molecule is CCSC1=C(c2ccc(OC)cc2)C(=O)N(CCc2ccc(F)cc2)C1=O. The quantitative estimate of drug-likeness (QED) is 0.678. The molecule has 0 saturated heterocycles. The molecule has 6 heteroatoms. The Bertz CT molecular complexity index is 875. The minimum absolute atomic E-state index is 0.261. The Hall–Kier alpha value is -2.60. The zero-order valence-corrected chi connectivity index (χ0v) is 16.0. The van der Waals surface area contributed by atoms with Gasteiger partial charge in [-0.05, 0) is 47.6 Å². The lowest BCUT2D eigenvalue weighted by Gasteiger charge is -2.15. The molecule has 27 heavy (non-hydrogen) atoms. The van der Waals surface area contributed by atoms with Gasteiger partial charge in [0.05, 0.1) is 17.6 Å². The van der Waals surface area contributed by atoms with Crippen LogP contribution in [0.5, 0.6) is 5.75 Å². The number of thioether (sulfide) groups is 1. The second kappa shape index (κ2) is 8.39. The van der Waals surface area contributed by atoms with Crippen molar-refractivity contribution in [3.8, 4) is 5.75 Å². The Morgan fingerprint density at radius 3 is 2.26 bits per heavy atom. The number of benzene rings is 2. The fourth-order valence-corrected chi connectivity index (χ4v) is 3.81. The van der Waals surface area contributed by atoms with Crippen molar-refractivity contribution in [3.63, 3.8) is 0 Å². The Balaban J connectivity index is 1.83. The van der Waals surface area contributed by atoms with Crippen LogP contribution in [0.4, 0.5) is 4.39 Å². The van der Waals surface area contributed by atoms with E-state index in [2.05, 4.69) is 0 Å². The molecule has 0 saturated carbocycles. The van der Waals surface area contributed by atoms with Gasteiger partial charge in [-0.2, -0.15) is 0 Å². The zero-order chi connectivity index (χ0) is 19.4. The van der Waals surface area contributed by atoms with E-state index < -0.39 is 0 Å². The van der Waals surface area contributed by atoms with E-state index in [1.165, 1.54) is 28.8 Å². The smallest absolute Gasteiger partial charge is 0.267 e. The largest absolute Gasteiger partial charge is 0.497 e.